The molecule has 1 heterocycles. The average Bonchev–Trinajstić information content (AvgIpc) is 3.11. The summed E-state index contributed by atoms with van der Waals surface area (Å²) < 4.78 is 6.11. The van der Waals surface area contributed by atoms with Gasteiger partial charge in [-0.3, -0.25) is 4.79 Å². The van der Waals surface area contributed by atoms with Gasteiger partial charge in [-0.15, -0.1) is 24.0 Å². The monoisotopic (exact) mass is 500 g/mol. The first-order valence-corrected chi connectivity index (χ1v) is 10.3. The molecule has 2 fully saturated rings. The van der Waals surface area contributed by atoms with Crippen molar-refractivity contribution < 1.29 is 9.53 Å². The van der Waals surface area contributed by atoms with E-state index >= 15 is 0 Å². The molecule has 2 N–H and O–H groups in total. The molecule has 6 nitrogen and oxygen atoms in total. The summed E-state index contributed by atoms with van der Waals surface area (Å²) in [7, 11) is 0. The molecule has 1 aliphatic carbocycles. The highest BCUT2D eigenvalue weighted by atomic mass is 127. The maximum atomic E-state index is 11.9. The number of nitrogens with zero attached hydrogens (tertiary/aromatic N) is 2. The molecule has 0 aromatic heterocycles. The number of amides is 1. The van der Waals surface area contributed by atoms with Crippen LogP contribution in [0.5, 0.6) is 5.75 Å². The molecule has 3 rings (SSSR count). The lowest BCUT2D eigenvalue weighted by Gasteiger charge is -2.27. The second-order valence-corrected chi connectivity index (χ2v) is 7.30. The van der Waals surface area contributed by atoms with Crippen LogP contribution in [0.4, 0.5) is 0 Å². The zero-order chi connectivity index (χ0) is 19.1. The molecule has 2 aliphatic rings. The zero-order valence-electron chi connectivity index (χ0n) is 16.9. The minimum atomic E-state index is 0. The van der Waals surface area contributed by atoms with E-state index in [0.29, 0.717) is 19.1 Å². The van der Waals surface area contributed by atoms with Crippen LogP contribution in [0, 0.1) is 0 Å². The number of aliphatic imine (C=N–C) groups is 1. The summed E-state index contributed by atoms with van der Waals surface area (Å²) >= 11 is 0. The summed E-state index contributed by atoms with van der Waals surface area (Å²) in [5.41, 5.74) is 1.11. The van der Waals surface area contributed by atoms with E-state index in [-0.39, 0.29) is 35.9 Å². The maximum absolute atomic E-state index is 11.9. The van der Waals surface area contributed by atoms with Crippen LogP contribution in [0.15, 0.2) is 29.3 Å². The molecular formula is C21H33IN4O2. The molecule has 1 aliphatic heterocycles. The van der Waals surface area contributed by atoms with Gasteiger partial charge in [-0.25, -0.2) is 4.99 Å². The molecule has 1 atom stereocenters. The van der Waals surface area contributed by atoms with E-state index in [0.717, 1.165) is 56.2 Å². The minimum absolute atomic E-state index is 0. The van der Waals surface area contributed by atoms with Gasteiger partial charge in [-0.1, -0.05) is 25.1 Å². The van der Waals surface area contributed by atoms with Gasteiger partial charge in [-0.2, -0.15) is 0 Å². The number of rotatable bonds is 7. The van der Waals surface area contributed by atoms with Crippen LogP contribution >= 0.6 is 24.0 Å². The number of likely N-dealkylation sites (tertiary alicyclic amines) is 1. The molecule has 28 heavy (non-hydrogen) atoms. The molecule has 1 amide bonds. The molecular weight excluding hydrogens is 467 g/mol. The Balaban J connectivity index is 0.00000280. The molecule has 0 bridgehead atoms. The summed E-state index contributed by atoms with van der Waals surface area (Å²) in [5, 5.41) is 6.80. The second-order valence-electron chi connectivity index (χ2n) is 7.30. The Morgan fingerprint density at radius 2 is 2.04 bits per heavy atom. The number of guanidine groups is 1. The third kappa shape index (κ3) is 6.25. The fraction of sp³-hybridized carbons (Fsp3) is 0.619. The van der Waals surface area contributed by atoms with Gasteiger partial charge in [0.1, 0.15) is 5.75 Å². The van der Waals surface area contributed by atoms with Crippen molar-refractivity contribution in [3.63, 3.8) is 0 Å². The largest absolute Gasteiger partial charge is 0.490 e. The lowest BCUT2D eigenvalue weighted by Crippen LogP contribution is -2.45. The van der Waals surface area contributed by atoms with Crippen LogP contribution in [-0.4, -0.2) is 48.5 Å². The molecule has 1 aromatic rings. The van der Waals surface area contributed by atoms with Crippen molar-refractivity contribution in [2.24, 2.45) is 4.99 Å². The highest BCUT2D eigenvalue weighted by molar-refractivity contribution is 14.0. The van der Waals surface area contributed by atoms with Gasteiger partial charge in [0.05, 0.1) is 12.6 Å². The zero-order valence-corrected chi connectivity index (χ0v) is 19.3. The molecule has 1 unspecified atom stereocenters. The van der Waals surface area contributed by atoms with Gasteiger partial charge in [0.25, 0.3) is 0 Å². The molecule has 1 saturated heterocycles. The van der Waals surface area contributed by atoms with Crippen LogP contribution in [0.25, 0.3) is 0 Å². The summed E-state index contributed by atoms with van der Waals surface area (Å²) in [6, 6.07) is 8.42. The van der Waals surface area contributed by atoms with E-state index in [9.17, 15) is 4.79 Å². The van der Waals surface area contributed by atoms with Crippen molar-refractivity contribution >= 4 is 35.8 Å². The van der Waals surface area contributed by atoms with E-state index in [1.54, 1.807) is 0 Å². The Morgan fingerprint density at radius 3 is 2.71 bits per heavy atom. The predicted molar refractivity (Wildman–Crippen MR) is 123 cm³/mol. The van der Waals surface area contributed by atoms with Crippen molar-refractivity contribution in [1.82, 2.24) is 15.5 Å². The fourth-order valence-electron chi connectivity index (χ4n) is 3.42. The highest BCUT2D eigenvalue weighted by Crippen LogP contribution is 2.27. The number of benzene rings is 1. The van der Waals surface area contributed by atoms with E-state index < -0.39 is 0 Å². The molecule has 7 heteroatoms. The fourth-order valence-corrected chi connectivity index (χ4v) is 3.42. The van der Waals surface area contributed by atoms with Crippen molar-refractivity contribution in [2.75, 3.05) is 19.6 Å². The minimum Gasteiger partial charge on any atom is -0.490 e. The highest BCUT2D eigenvalue weighted by Gasteiger charge is 2.26. The Kier molecular flexibility index (Phi) is 9.34. The summed E-state index contributed by atoms with van der Waals surface area (Å²) in [4.78, 5) is 18.6. The number of carbonyl (C=O) groups excluding carboxylic acids is 1. The first kappa shape index (κ1) is 22.8. The third-order valence-electron chi connectivity index (χ3n) is 5.25. The normalized spacial score (nSPS) is 19.6. The number of para-hydroxylation sites is 1. The number of hydrogen-bond acceptors (Lipinski definition) is 3. The van der Waals surface area contributed by atoms with Crippen molar-refractivity contribution in [3.8, 4) is 5.75 Å². The molecule has 1 aromatic carbocycles. The molecule has 0 radical (unpaired) electrons. The van der Waals surface area contributed by atoms with Crippen LogP contribution in [0.3, 0.4) is 0 Å². The number of hydrogen-bond donors (Lipinski definition) is 2. The van der Waals surface area contributed by atoms with Crippen molar-refractivity contribution in [1.29, 1.82) is 0 Å². The number of ether oxygens (including phenoxy) is 1. The Morgan fingerprint density at radius 1 is 1.25 bits per heavy atom. The Hall–Kier alpha value is -1.51. The van der Waals surface area contributed by atoms with Gasteiger partial charge >= 0.3 is 0 Å². The summed E-state index contributed by atoms with van der Waals surface area (Å²) in [6.07, 6.45) is 5.45. The van der Waals surface area contributed by atoms with Crippen LogP contribution in [0.1, 0.15) is 51.5 Å². The van der Waals surface area contributed by atoms with Gasteiger partial charge in [0.2, 0.25) is 5.91 Å². The Labute approximate surface area is 185 Å². The first-order valence-electron chi connectivity index (χ1n) is 10.3. The van der Waals surface area contributed by atoms with Gasteiger partial charge < -0.3 is 20.3 Å². The van der Waals surface area contributed by atoms with E-state index in [4.69, 9.17) is 9.73 Å². The first-order chi connectivity index (χ1) is 13.2. The molecule has 0 spiro atoms. The number of halogens is 1. The molecule has 1 saturated carbocycles. The van der Waals surface area contributed by atoms with E-state index in [1.807, 2.05) is 30.0 Å². The van der Waals surface area contributed by atoms with Crippen LogP contribution in [-0.2, 0) is 11.3 Å². The van der Waals surface area contributed by atoms with Gasteiger partial charge in [0, 0.05) is 37.7 Å². The Bertz CT molecular complexity index is 664. The maximum Gasteiger partial charge on any atom is 0.222 e. The average molecular weight is 500 g/mol. The lowest BCUT2D eigenvalue weighted by molar-refractivity contribution is -0.129. The standard InChI is InChI=1S/C21H32N4O2.HI/c1-3-20(26)25-13-12-17(15-25)24-21(22-4-2)23-14-16-8-5-6-11-19(16)27-18-9-7-10-18;/h5-6,8,11,17-18H,3-4,7,9-10,12-15H2,1-2H3,(H2,22,23,24);1H. The van der Waals surface area contributed by atoms with E-state index in [2.05, 4.69) is 23.6 Å². The SMILES string of the molecule is CCNC(=NCc1ccccc1OC1CCC1)NC1CCN(C(=O)CC)C1.I. The third-order valence-corrected chi connectivity index (χ3v) is 5.25. The predicted octanol–water partition coefficient (Wildman–Crippen LogP) is 3.30. The van der Waals surface area contributed by atoms with Gasteiger partial charge in [-0.05, 0) is 38.7 Å². The van der Waals surface area contributed by atoms with Crippen LogP contribution in [0.2, 0.25) is 0 Å². The smallest absolute Gasteiger partial charge is 0.222 e. The summed E-state index contributed by atoms with van der Waals surface area (Å²) in [5.74, 6) is 1.97. The lowest BCUT2D eigenvalue weighted by atomic mass is 9.96. The number of nitrogens with one attached hydrogen (secondary N) is 2. The topological polar surface area (TPSA) is 66.0 Å². The van der Waals surface area contributed by atoms with Crippen molar-refractivity contribution in [3.05, 3.63) is 29.8 Å². The van der Waals surface area contributed by atoms with Crippen LogP contribution < -0.4 is 15.4 Å². The number of carbonyl (C=O) groups is 1. The second kappa shape index (κ2) is 11.5. The summed E-state index contributed by atoms with van der Waals surface area (Å²) in [6.45, 7) is 6.92. The van der Waals surface area contributed by atoms with Crippen molar-refractivity contribution in [2.45, 2.75) is 64.6 Å². The molecule has 156 valence electrons. The quantitative estimate of drug-likeness (QED) is 0.343. The van der Waals surface area contributed by atoms with E-state index in [1.165, 1.54) is 6.42 Å². The van der Waals surface area contributed by atoms with Gasteiger partial charge in [0.15, 0.2) is 5.96 Å².